The van der Waals surface area contributed by atoms with Gasteiger partial charge in [-0.3, -0.25) is 9.59 Å². The zero-order chi connectivity index (χ0) is 17.1. The molecule has 1 aromatic carbocycles. The molecule has 3 rings (SSSR count). The largest absolute Gasteiger partial charge is 0.352 e. The lowest BCUT2D eigenvalue weighted by molar-refractivity contribution is -0.132. The predicted molar refractivity (Wildman–Crippen MR) is 94.0 cm³/mol. The summed E-state index contributed by atoms with van der Waals surface area (Å²) in [5.41, 5.74) is 2.90. The maximum atomic E-state index is 12.4. The highest BCUT2D eigenvalue weighted by molar-refractivity contribution is 5.95. The molecule has 0 saturated carbocycles. The van der Waals surface area contributed by atoms with Gasteiger partial charge in [0, 0.05) is 31.7 Å². The molecule has 2 aliphatic heterocycles. The van der Waals surface area contributed by atoms with Gasteiger partial charge in [-0.25, -0.2) is 0 Å². The number of nitrogens with one attached hydrogen (secondary N) is 2. The van der Waals surface area contributed by atoms with Gasteiger partial charge in [-0.1, -0.05) is 12.1 Å². The van der Waals surface area contributed by atoms with Crippen molar-refractivity contribution in [3.8, 4) is 0 Å². The van der Waals surface area contributed by atoms with Crippen molar-refractivity contribution in [3.05, 3.63) is 34.9 Å². The quantitative estimate of drug-likeness (QED) is 0.883. The molecule has 5 nitrogen and oxygen atoms in total. The molecule has 1 aromatic rings. The molecule has 2 unspecified atom stereocenters. The maximum Gasteiger partial charge on any atom is 0.251 e. The summed E-state index contributed by atoms with van der Waals surface area (Å²) in [7, 11) is 0. The Labute approximate surface area is 143 Å². The highest BCUT2D eigenvalue weighted by Crippen LogP contribution is 2.18. The number of likely N-dealkylation sites (tertiary alicyclic amines) is 1. The van der Waals surface area contributed by atoms with E-state index in [0.717, 1.165) is 55.6 Å². The van der Waals surface area contributed by atoms with Gasteiger partial charge in [0.15, 0.2) is 0 Å². The molecule has 2 aliphatic rings. The third-order valence-electron chi connectivity index (χ3n) is 5.34. The summed E-state index contributed by atoms with van der Waals surface area (Å²) in [5.74, 6) is 0.525. The molecule has 130 valence electrons. The second-order valence-electron chi connectivity index (χ2n) is 7.05. The van der Waals surface area contributed by atoms with E-state index >= 15 is 0 Å². The standard InChI is InChI=1S/C19H27N3O2/c1-13-6-5-7-16(14(13)2)18(23)21-12-15-10-17(20-11-15)19(24)22-8-3-4-9-22/h5-7,15,17,20H,3-4,8-12H2,1-2H3,(H,21,23). The van der Waals surface area contributed by atoms with Crippen LogP contribution in [0, 0.1) is 19.8 Å². The molecule has 2 atom stereocenters. The summed E-state index contributed by atoms with van der Waals surface area (Å²) >= 11 is 0. The minimum Gasteiger partial charge on any atom is -0.352 e. The Bertz CT molecular complexity index is 623. The van der Waals surface area contributed by atoms with Crippen molar-refractivity contribution in [1.82, 2.24) is 15.5 Å². The number of carbonyl (C=O) groups is 2. The fourth-order valence-corrected chi connectivity index (χ4v) is 3.64. The van der Waals surface area contributed by atoms with E-state index in [1.165, 1.54) is 0 Å². The van der Waals surface area contributed by atoms with Gasteiger partial charge in [0.05, 0.1) is 6.04 Å². The van der Waals surface area contributed by atoms with Crippen molar-refractivity contribution < 1.29 is 9.59 Å². The molecule has 2 fully saturated rings. The Kier molecular flexibility index (Phi) is 5.19. The van der Waals surface area contributed by atoms with Crippen LogP contribution in [0.2, 0.25) is 0 Å². The van der Waals surface area contributed by atoms with E-state index < -0.39 is 0 Å². The third kappa shape index (κ3) is 3.61. The first-order valence-electron chi connectivity index (χ1n) is 8.93. The van der Waals surface area contributed by atoms with E-state index in [-0.39, 0.29) is 17.9 Å². The number of rotatable bonds is 4. The minimum absolute atomic E-state index is 0.0227. The molecule has 5 heteroatoms. The summed E-state index contributed by atoms with van der Waals surface area (Å²) in [6.07, 6.45) is 3.05. The molecule has 0 aromatic heterocycles. The van der Waals surface area contributed by atoms with E-state index in [2.05, 4.69) is 10.6 Å². The van der Waals surface area contributed by atoms with Crippen molar-refractivity contribution in [1.29, 1.82) is 0 Å². The summed E-state index contributed by atoms with van der Waals surface area (Å²) < 4.78 is 0. The molecule has 0 aliphatic carbocycles. The molecule has 0 spiro atoms. The van der Waals surface area contributed by atoms with Crippen LogP contribution < -0.4 is 10.6 Å². The van der Waals surface area contributed by atoms with Gasteiger partial charge < -0.3 is 15.5 Å². The Morgan fingerprint density at radius 1 is 1.25 bits per heavy atom. The fourth-order valence-electron chi connectivity index (χ4n) is 3.64. The number of carbonyl (C=O) groups excluding carboxylic acids is 2. The highest BCUT2D eigenvalue weighted by atomic mass is 16.2. The third-order valence-corrected chi connectivity index (χ3v) is 5.34. The summed E-state index contributed by atoms with van der Waals surface area (Å²) in [4.78, 5) is 26.8. The molecule has 2 heterocycles. The monoisotopic (exact) mass is 329 g/mol. The van der Waals surface area contributed by atoms with E-state index in [0.29, 0.717) is 12.5 Å². The van der Waals surface area contributed by atoms with Gasteiger partial charge in [0.25, 0.3) is 5.91 Å². The van der Waals surface area contributed by atoms with Crippen LogP contribution in [0.15, 0.2) is 18.2 Å². The van der Waals surface area contributed by atoms with Crippen LogP contribution >= 0.6 is 0 Å². The van der Waals surface area contributed by atoms with Crippen LogP contribution in [0.25, 0.3) is 0 Å². The minimum atomic E-state index is -0.0780. The van der Waals surface area contributed by atoms with Crippen molar-refractivity contribution in [2.45, 2.75) is 39.2 Å². The van der Waals surface area contributed by atoms with Crippen LogP contribution in [-0.2, 0) is 4.79 Å². The first kappa shape index (κ1) is 17.0. The Morgan fingerprint density at radius 3 is 2.75 bits per heavy atom. The molecular weight excluding hydrogens is 302 g/mol. The van der Waals surface area contributed by atoms with Crippen molar-refractivity contribution in [3.63, 3.8) is 0 Å². The van der Waals surface area contributed by atoms with E-state index in [9.17, 15) is 9.59 Å². The molecule has 2 N–H and O–H groups in total. The van der Waals surface area contributed by atoms with Gasteiger partial charge in [-0.05, 0) is 56.2 Å². The van der Waals surface area contributed by atoms with Gasteiger partial charge in [-0.15, -0.1) is 0 Å². The van der Waals surface area contributed by atoms with E-state index in [1.54, 1.807) is 0 Å². The van der Waals surface area contributed by atoms with Crippen LogP contribution in [0.1, 0.15) is 40.7 Å². The van der Waals surface area contributed by atoms with Crippen molar-refractivity contribution in [2.24, 2.45) is 5.92 Å². The van der Waals surface area contributed by atoms with Gasteiger partial charge in [0.1, 0.15) is 0 Å². The molecular formula is C19H27N3O2. The van der Waals surface area contributed by atoms with Crippen LogP contribution in [0.4, 0.5) is 0 Å². The van der Waals surface area contributed by atoms with Crippen LogP contribution in [0.3, 0.4) is 0 Å². The second kappa shape index (κ2) is 7.34. The molecule has 2 amide bonds. The number of hydrogen-bond acceptors (Lipinski definition) is 3. The first-order chi connectivity index (χ1) is 11.6. The first-order valence-corrected chi connectivity index (χ1v) is 8.93. The van der Waals surface area contributed by atoms with Crippen LogP contribution in [0.5, 0.6) is 0 Å². The SMILES string of the molecule is Cc1cccc(C(=O)NCC2CNC(C(=O)N3CCCC3)C2)c1C. The lowest BCUT2D eigenvalue weighted by atomic mass is 10.0. The Morgan fingerprint density at radius 2 is 2.00 bits per heavy atom. The average Bonchev–Trinajstić information content (AvgIpc) is 3.26. The smallest absolute Gasteiger partial charge is 0.251 e. The van der Waals surface area contributed by atoms with E-state index in [1.807, 2.05) is 36.9 Å². The molecule has 0 bridgehead atoms. The predicted octanol–water partition coefficient (Wildman–Crippen LogP) is 1.63. The molecule has 2 saturated heterocycles. The number of nitrogens with zero attached hydrogens (tertiary/aromatic N) is 1. The van der Waals surface area contributed by atoms with Gasteiger partial charge in [-0.2, -0.15) is 0 Å². The normalized spacial score (nSPS) is 23.5. The number of amides is 2. The summed E-state index contributed by atoms with van der Waals surface area (Å²) in [5, 5.41) is 6.36. The Hall–Kier alpha value is -1.88. The lowest BCUT2D eigenvalue weighted by Crippen LogP contribution is -2.42. The second-order valence-corrected chi connectivity index (χ2v) is 7.05. The zero-order valence-corrected chi connectivity index (χ0v) is 14.6. The number of aryl methyl sites for hydroxylation is 1. The molecule has 0 radical (unpaired) electrons. The highest BCUT2D eigenvalue weighted by Gasteiger charge is 2.33. The topological polar surface area (TPSA) is 61.4 Å². The van der Waals surface area contributed by atoms with Crippen LogP contribution in [-0.4, -0.2) is 48.9 Å². The summed E-state index contributed by atoms with van der Waals surface area (Å²) in [6.45, 7) is 7.18. The number of benzene rings is 1. The lowest BCUT2D eigenvalue weighted by Gasteiger charge is -2.20. The van der Waals surface area contributed by atoms with Gasteiger partial charge >= 0.3 is 0 Å². The zero-order valence-electron chi connectivity index (χ0n) is 14.6. The van der Waals surface area contributed by atoms with Gasteiger partial charge in [0.2, 0.25) is 5.91 Å². The van der Waals surface area contributed by atoms with E-state index in [4.69, 9.17) is 0 Å². The maximum absolute atomic E-state index is 12.4. The Balaban J connectivity index is 1.50. The number of hydrogen-bond donors (Lipinski definition) is 2. The molecule has 24 heavy (non-hydrogen) atoms. The van der Waals surface area contributed by atoms with Crippen molar-refractivity contribution >= 4 is 11.8 Å². The average molecular weight is 329 g/mol. The summed E-state index contributed by atoms with van der Waals surface area (Å²) in [6, 6.07) is 5.72. The fraction of sp³-hybridized carbons (Fsp3) is 0.579. The van der Waals surface area contributed by atoms with Crippen molar-refractivity contribution in [2.75, 3.05) is 26.2 Å².